The molecular formula is C12H17BrN2O2. The standard InChI is InChI=1S/C12H17BrN2O2/c1-4-8(2)15-11(12(16)17-3)9-5-10(13)7-14-6-9/h5-8,11,15H,4H2,1-3H3. The highest BCUT2D eigenvalue weighted by Gasteiger charge is 2.23. The van der Waals surface area contributed by atoms with Crippen molar-refractivity contribution in [3.8, 4) is 0 Å². The summed E-state index contributed by atoms with van der Waals surface area (Å²) in [5.74, 6) is -0.301. The van der Waals surface area contributed by atoms with E-state index in [1.54, 1.807) is 12.4 Å². The fourth-order valence-electron chi connectivity index (χ4n) is 1.41. The maximum atomic E-state index is 11.7. The number of rotatable bonds is 5. The topological polar surface area (TPSA) is 51.2 Å². The number of nitrogens with zero attached hydrogens (tertiary/aromatic N) is 1. The molecule has 2 unspecified atom stereocenters. The Hall–Kier alpha value is -0.940. The van der Waals surface area contributed by atoms with E-state index in [0.717, 1.165) is 16.5 Å². The minimum Gasteiger partial charge on any atom is -0.468 e. The number of pyridine rings is 1. The molecule has 0 aromatic carbocycles. The summed E-state index contributed by atoms with van der Waals surface area (Å²) >= 11 is 3.34. The number of aromatic nitrogens is 1. The molecule has 0 saturated carbocycles. The fourth-order valence-corrected chi connectivity index (χ4v) is 1.79. The van der Waals surface area contributed by atoms with Crippen molar-refractivity contribution in [2.75, 3.05) is 7.11 Å². The summed E-state index contributed by atoms with van der Waals surface area (Å²) < 4.78 is 5.65. The summed E-state index contributed by atoms with van der Waals surface area (Å²) in [5.41, 5.74) is 0.798. The summed E-state index contributed by atoms with van der Waals surface area (Å²) in [4.78, 5) is 15.8. The predicted molar refractivity (Wildman–Crippen MR) is 69.6 cm³/mol. The Kier molecular flexibility index (Phi) is 5.58. The second kappa shape index (κ2) is 6.71. The van der Waals surface area contributed by atoms with E-state index in [1.165, 1.54) is 7.11 Å². The number of esters is 1. The number of carbonyl (C=O) groups is 1. The molecule has 0 aliphatic heterocycles. The number of ether oxygens (including phenoxy) is 1. The highest BCUT2D eigenvalue weighted by Crippen LogP contribution is 2.18. The van der Waals surface area contributed by atoms with E-state index < -0.39 is 6.04 Å². The third-order valence-corrected chi connectivity index (χ3v) is 2.99. The van der Waals surface area contributed by atoms with Crippen molar-refractivity contribution < 1.29 is 9.53 Å². The van der Waals surface area contributed by atoms with Gasteiger partial charge in [0.1, 0.15) is 6.04 Å². The molecule has 0 fully saturated rings. The number of methoxy groups -OCH3 is 1. The summed E-state index contributed by atoms with van der Waals surface area (Å²) in [6, 6.07) is 1.63. The SMILES string of the molecule is CCC(C)NC(C(=O)OC)c1cncc(Br)c1. The molecule has 0 saturated heterocycles. The van der Waals surface area contributed by atoms with Crippen LogP contribution in [-0.2, 0) is 9.53 Å². The molecule has 17 heavy (non-hydrogen) atoms. The zero-order valence-corrected chi connectivity index (χ0v) is 11.8. The lowest BCUT2D eigenvalue weighted by Gasteiger charge is -2.20. The molecule has 1 rings (SSSR count). The summed E-state index contributed by atoms with van der Waals surface area (Å²) in [7, 11) is 1.39. The molecule has 0 amide bonds. The summed E-state index contributed by atoms with van der Waals surface area (Å²) in [6.45, 7) is 4.09. The normalized spacial score (nSPS) is 14.1. The predicted octanol–water partition coefficient (Wildman–Crippen LogP) is 2.45. The van der Waals surface area contributed by atoms with Gasteiger partial charge in [-0.25, -0.2) is 4.79 Å². The molecule has 0 bridgehead atoms. The quantitative estimate of drug-likeness (QED) is 0.849. The Morgan fingerprint density at radius 1 is 1.59 bits per heavy atom. The van der Waals surface area contributed by atoms with Gasteiger partial charge in [-0.1, -0.05) is 6.92 Å². The first kappa shape index (κ1) is 14.1. The van der Waals surface area contributed by atoms with E-state index in [4.69, 9.17) is 4.74 Å². The van der Waals surface area contributed by atoms with Crippen LogP contribution in [0.4, 0.5) is 0 Å². The van der Waals surface area contributed by atoms with Crippen LogP contribution in [0.25, 0.3) is 0 Å². The molecule has 1 heterocycles. The molecule has 5 heteroatoms. The first-order valence-electron chi connectivity index (χ1n) is 5.52. The molecule has 0 spiro atoms. The van der Waals surface area contributed by atoms with E-state index in [-0.39, 0.29) is 12.0 Å². The molecule has 1 N–H and O–H groups in total. The van der Waals surface area contributed by atoms with Crippen LogP contribution < -0.4 is 5.32 Å². The van der Waals surface area contributed by atoms with E-state index in [1.807, 2.05) is 13.0 Å². The van der Waals surface area contributed by atoms with Gasteiger partial charge < -0.3 is 4.74 Å². The zero-order chi connectivity index (χ0) is 12.8. The van der Waals surface area contributed by atoms with Crippen LogP contribution >= 0.6 is 15.9 Å². The maximum absolute atomic E-state index is 11.7. The largest absolute Gasteiger partial charge is 0.468 e. The lowest BCUT2D eigenvalue weighted by molar-refractivity contribution is -0.143. The molecule has 0 aliphatic rings. The van der Waals surface area contributed by atoms with Gasteiger partial charge in [0, 0.05) is 22.9 Å². The van der Waals surface area contributed by atoms with E-state index in [0.29, 0.717) is 0 Å². The Bertz CT molecular complexity index is 385. The second-order valence-corrected chi connectivity index (χ2v) is 4.78. The first-order valence-corrected chi connectivity index (χ1v) is 6.32. The van der Waals surface area contributed by atoms with Crippen molar-refractivity contribution in [3.05, 3.63) is 28.5 Å². The zero-order valence-electron chi connectivity index (χ0n) is 10.2. The van der Waals surface area contributed by atoms with Gasteiger partial charge in [0.05, 0.1) is 7.11 Å². The van der Waals surface area contributed by atoms with Crippen molar-refractivity contribution in [3.63, 3.8) is 0 Å². The lowest BCUT2D eigenvalue weighted by atomic mass is 10.1. The van der Waals surface area contributed by atoms with Crippen LogP contribution in [0, 0.1) is 0 Å². The van der Waals surface area contributed by atoms with Gasteiger partial charge in [-0.3, -0.25) is 10.3 Å². The van der Waals surface area contributed by atoms with Gasteiger partial charge in [0.25, 0.3) is 0 Å². The molecular weight excluding hydrogens is 284 g/mol. The van der Waals surface area contributed by atoms with Crippen molar-refractivity contribution in [2.45, 2.75) is 32.4 Å². The molecule has 0 radical (unpaired) electrons. The summed E-state index contributed by atoms with van der Waals surface area (Å²) in [6.07, 6.45) is 4.29. The Labute approximate surface area is 110 Å². The van der Waals surface area contributed by atoms with Crippen molar-refractivity contribution in [2.24, 2.45) is 0 Å². The Balaban J connectivity index is 2.93. The molecule has 0 aliphatic carbocycles. The van der Waals surface area contributed by atoms with Crippen LogP contribution in [0.3, 0.4) is 0 Å². The molecule has 4 nitrogen and oxygen atoms in total. The second-order valence-electron chi connectivity index (χ2n) is 3.87. The minimum atomic E-state index is -0.472. The van der Waals surface area contributed by atoms with Gasteiger partial charge in [-0.2, -0.15) is 0 Å². The van der Waals surface area contributed by atoms with Gasteiger partial charge in [-0.15, -0.1) is 0 Å². The van der Waals surface area contributed by atoms with Crippen LogP contribution in [0.15, 0.2) is 22.9 Å². The van der Waals surface area contributed by atoms with Crippen molar-refractivity contribution in [1.29, 1.82) is 0 Å². The third kappa shape index (κ3) is 4.09. The lowest BCUT2D eigenvalue weighted by Crippen LogP contribution is -2.35. The van der Waals surface area contributed by atoms with Gasteiger partial charge >= 0.3 is 5.97 Å². The smallest absolute Gasteiger partial charge is 0.327 e. The number of hydrogen-bond donors (Lipinski definition) is 1. The first-order chi connectivity index (χ1) is 8.08. The van der Waals surface area contributed by atoms with E-state index >= 15 is 0 Å². The molecule has 2 atom stereocenters. The average molecular weight is 301 g/mol. The molecule has 94 valence electrons. The Morgan fingerprint density at radius 3 is 2.82 bits per heavy atom. The maximum Gasteiger partial charge on any atom is 0.327 e. The van der Waals surface area contributed by atoms with E-state index in [9.17, 15) is 4.79 Å². The monoisotopic (exact) mass is 300 g/mol. The van der Waals surface area contributed by atoms with Crippen LogP contribution in [0.2, 0.25) is 0 Å². The average Bonchev–Trinajstić information content (AvgIpc) is 2.34. The van der Waals surface area contributed by atoms with Gasteiger partial charge in [0.2, 0.25) is 0 Å². The highest BCUT2D eigenvalue weighted by atomic mass is 79.9. The van der Waals surface area contributed by atoms with E-state index in [2.05, 4.69) is 33.2 Å². The van der Waals surface area contributed by atoms with Crippen LogP contribution in [0.1, 0.15) is 31.9 Å². The highest BCUT2D eigenvalue weighted by molar-refractivity contribution is 9.10. The fraction of sp³-hybridized carbons (Fsp3) is 0.500. The third-order valence-electron chi connectivity index (χ3n) is 2.56. The summed E-state index contributed by atoms with van der Waals surface area (Å²) in [5, 5.41) is 3.23. The Morgan fingerprint density at radius 2 is 2.29 bits per heavy atom. The number of hydrogen-bond acceptors (Lipinski definition) is 4. The van der Waals surface area contributed by atoms with Crippen molar-refractivity contribution >= 4 is 21.9 Å². The number of nitrogens with one attached hydrogen (secondary N) is 1. The van der Waals surface area contributed by atoms with Crippen LogP contribution in [-0.4, -0.2) is 24.1 Å². The van der Waals surface area contributed by atoms with Crippen molar-refractivity contribution in [1.82, 2.24) is 10.3 Å². The minimum absolute atomic E-state index is 0.234. The number of halogens is 1. The molecule has 1 aromatic rings. The van der Waals surface area contributed by atoms with Gasteiger partial charge in [-0.05, 0) is 40.9 Å². The molecule has 1 aromatic heterocycles. The van der Waals surface area contributed by atoms with Crippen LogP contribution in [0.5, 0.6) is 0 Å². The number of carbonyl (C=O) groups excluding carboxylic acids is 1. The van der Waals surface area contributed by atoms with Gasteiger partial charge in [0.15, 0.2) is 0 Å².